The van der Waals surface area contributed by atoms with Crippen LogP contribution in [0, 0.1) is 0 Å². The average molecular weight is 344 g/mol. The maximum Gasteiger partial charge on any atom is 0.250 e. The molecule has 136 valence electrons. The molecule has 0 aliphatic carbocycles. The number of benzene rings is 1. The summed E-state index contributed by atoms with van der Waals surface area (Å²) in [5.74, 6) is 0.746. The van der Waals surface area contributed by atoms with E-state index in [0.29, 0.717) is 13.2 Å². The number of hydrogen-bond donors (Lipinski definition) is 1. The topological polar surface area (TPSA) is 50.8 Å². The van der Waals surface area contributed by atoms with Gasteiger partial charge in [-0.3, -0.25) is 9.69 Å². The van der Waals surface area contributed by atoms with E-state index in [1.807, 2.05) is 13.0 Å². The summed E-state index contributed by atoms with van der Waals surface area (Å²) in [5, 5.41) is 3.04. The van der Waals surface area contributed by atoms with Crippen molar-refractivity contribution in [3.05, 3.63) is 47.2 Å². The fourth-order valence-electron chi connectivity index (χ4n) is 3.40. The average Bonchev–Trinajstić information content (AvgIpc) is 2.86. The van der Waals surface area contributed by atoms with Crippen molar-refractivity contribution in [3.63, 3.8) is 0 Å². The first-order chi connectivity index (χ1) is 12.2. The highest BCUT2D eigenvalue weighted by Crippen LogP contribution is 2.18. The van der Waals surface area contributed by atoms with E-state index >= 15 is 0 Å². The number of nitrogens with one attached hydrogen (secondary N) is 1. The Balaban J connectivity index is 1.52. The Morgan fingerprint density at radius 2 is 2.08 bits per heavy atom. The summed E-state index contributed by atoms with van der Waals surface area (Å²) >= 11 is 0. The highest BCUT2D eigenvalue weighted by Gasteiger charge is 2.22. The van der Waals surface area contributed by atoms with E-state index in [1.54, 1.807) is 0 Å². The number of amides is 1. The molecule has 2 heterocycles. The lowest BCUT2D eigenvalue weighted by molar-refractivity contribution is -0.118. The Labute approximate surface area is 150 Å². The Kier molecular flexibility index (Phi) is 6.48. The van der Waals surface area contributed by atoms with Crippen LogP contribution in [0.1, 0.15) is 31.7 Å². The van der Waals surface area contributed by atoms with Crippen LogP contribution in [0.5, 0.6) is 0 Å². The standard InChI is InChI=1S/C20H28N2O3/c1-16-19(9-5-11-24-16)20(23)21-13-18-15-22(10-6-12-25-18)14-17-7-3-2-4-8-17/h2-4,7-8,18H,5-6,9-15H2,1H3,(H,21,23). The maximum atomic E-state index is 12.4. The van der Waals surface area contributed by atoms with Crippen molar-refractivity contribution in [2.24, 2.45) is 0 Å². The third-order valence-electron chi connectivity index (χ3n) is 4.76. The molecule has 2 aliphatic rings. The molecule has 1 atom stereocenters. The molecule has 2 aliphatic heterocycles. The van der Waals surface area contributed by atoms with Crippen LogP contribution in [0.4, 0.5) is 0 Å². The summed E-state index contributed by atoms with van der Waals surface area (Å²) in [7, 11) is 0. The van der Waals surface area contributed by atoms with Gasteiger partial charge in [-0.05, 0) is 31.7 Å². The van der Waals surface area contributed by atoms with Crippen molar-refractivity contribution in [3.8, 4) is 0 Å². The smallest absolute Gasteiger partial charge is 0.250 e. The Bertz CT molecular complexity index is 600. The predicted octanol–water partition coefficient (Wildman–Crippen LogP) is 2.48. The minimum Gasteiger partial charge on any atom is -0.498 e. The highest BCUT2D eigenvalue weighted by molar-refractivity contribution is 5.93. The van der Waals surface area contributed by atoms with Gasteiger partial charge in [-0.25, -0.2) is 0 Å². The van der Waals surface area contributed by atoms with Gasteiger partial charge in [0, 0.05) is 32.8 Å². The van der Waals surface area contributed by atoms with Crippen molar-refractivity contribution in [1.29, 1.82) is 0 Å². The zero-order chi connectivity index (χ0) is 17.5. The first kappa shape index (κ1) is 18.0. The van der Waals surface area contributed by atoms with Gasteiger partial charge in [-0.2, -0.15) is 0 Å². The zero-order valence-corrected chi connectivity index (χ0v) is 15.0. The molecule has 1 unspecified atom stereocenters. The first-order valence-electron chi connectivity index (χ1n) is 9.21. The summed E-state index contributed by atoms with van der Waals surface area (Å²) in [6, 6.07) is 10.5. The molecule has 0 saturated carbocycles. The molecule has 3 rings (SSSR count). The highest BCUT2D eigenvalue weighted by atomic mass is 16.5. The van der Waals surface area contributed by atoms with Gasteiger partial charge >= 0.3 is 0 Å². The second kappa shape index (κ2) is 9.02. The van der Waals surface area contributed by atoms with E-state index in [1.165, 1.54) is 5.56 Å². The molecule has 0 aromatic heterocycles. The molecule has 1 amide bonds. The molecule has 25 heavy (non-hydrogen) atoms. The third kappa shape index (κ3) is 5.31. The first-order valence-corrected chi connectivity index (χ1v) is 9.21. The molecule has 5 nitrogen and oxygen atoms in total. The fraction of sp³-hybridized carbons (Fsp3) is 0.550. The van der Waals surface area contributed by atoms with Crippen LogP contribution >= 0.6 is 0 Å². The predicted molar refractivity (Wildman–Crippen MR) is 97.0 cm³/mol. The Morgan fingerprint density at radius 3 is 2.88 bits per heavy atom. The number of ether oxygens (including phenoxy) is 2. The summed E-state index contributed by atoms with van der Waals surface area (Å²) in [5.41, 5.74) is 2.09. The normalized spacial score (nSPS) is 22.2. The molecule has 1 aromatic rings. The lowest BCUT2D eigenvalue weighted by atomic mass is 10.1. The molecule has 5 heteroatoms. The lowest BCUT2D eigenvalue weighted by Crippen LogP contribution is -2.40. The molecular weight excluding hydrogens is 316 g/mol. The van der Waals surface area contributed by atoms with E-state index in [0.717, 1.165) is 56.8 Å². The molecule has 0 radical (unpaired) electrons. The van der Waals surface area contributed by atoms with E-state index in [9.17, 15) is 4.79 Å². The quantitative estimate of drug-likeness (QED) is 0.892. The largest absolute Gasteiger partial charge is 0.498 e. The van der Waals surface area contributed by atoms with Gasteiger partial charge in [0.15, 0.2) is 0 Å². The molecule has 0 spiro atoms. The van der Waals surface area contributed by atoms with Gasteiger partial charge < -0.3 is 14.8 Å². The maximum absolute atomic E-state index is 12.4. The third-order valence-corrected chi connectivity index (χ3v) is 4.76. The van der Waals surface area contributed by atoms with Crippen molar-refractivity contribution in [2.45, 2.75) is 38.8 Å². The number of allylic oxidation sites excluding steroid dienone is 1. The van der Waals surface area contributed by atoms with Gasteiger partial charge in [0.2, 0.25) is 0 Å². The molecule has 1 fully saturated rings. The van der Waals surface area contributed by atoms with E-state index in [-0.39, 0.29) is 12.0 Å². The molecule has 1 saturated heterocycles. The number of nitrogens with zero attached hydrogens (tertiary/aromatic N) is 1. The minimum atomic E-state index is -0.0142. The SMILES string of the molecule is CC1=C(C(=O)NCC2CN(Cc3ccccc3)CCCO2)CCCO1. The Hall–Kier alpha value is -1.85. The number of carbonyl (C=O) groups excluding carboxylic acids is 1. The van der Waals surface area contributed by atoms with Crippen LogP contribution in [-0.4, -0.2) is 49.8 Å². The van der Waals surface area contributed by atoms with Gasteiger partial charge in [-0.15, -0.1) is 0 Å². The van der Waals surface area contributed by atoms with Crippen LogP contribution in [0.2, 0.25) is 0 Å². The van der Waals surface area contributed by atoms with Crippen LogP contribution in [-0.2, 0) is 20.8 Å². The molecular formula is C20H28N2O3. The Morgan fingerprint density at radius 1 is 1.24 bits per heavy atom. The molecule has 0 bridgehead atoms. The van der Waals surface area contributed by atoms with E-state index in [2.05, 4.69) is 34.5 Å². The van der Waals surface area contributed by atoms with Crippen molar-refractivity contribution < 1.29 is 14.3 Å². The lowest BCUT2D eigenvalue weighted by Gasteiger charge is -2.24. The number of carbonyl (C=O) groups is 1. The van der Waals surface area contributed by atoms with Crippen LogP contribution < -0.4 is 5.32 Å². The van der Waals surface area contributed by atoms with Crippen molar-refractivity contribution >= 4 is 5.91 Å². The van der Waals surface area contributed by atoms with Gasteiger partial charge in [0.1, 0.15) is 5.76 Å². The summed E-state index contributed by atoms with van der Waals surface area (Å²) in [6.07, 6.45) is 2.75. The summed E-state index contributed by atoms with van der Waals surface area (Å²) in [6.45, 7) is 6.66. The minimum absolute atomic E-state index is 0.0142. The van der Waals surface area contributed by atoms with Crippen LogP contribution in [0.3, 0.4) is 0 Å². The summed E-state index contributed by atoms with van der Waals surface area (Å²) < 4.78 is 11.4. The zero-order valence-electron chi connectivity index (χ0n) is 15.0. The van der Waals surface area contributed by atoms with Crippen molar-refractivity contribution in [2.75, 3.05) is 32.8 Å². The van der Waals surface area contributed by atoms with Gasteiger partial charge in [0.25, 0.3) is 5.91 Å². The van der Waals surface area contributed by atoms with Crippen molar-refractivity contribution in [1.82, 2.24) is 10.2 Å². The second-order valence-corrected chi connectivity index (χ2v) is 6.76. The van der Waals surface area contributed by atoms with Gasteiger partial charge in [0.05, 0.1) is 18.3 Å². The monoisotopic (exact) mass is 344 g/mol. The van der Waals surface area contributed by atoms with E-state index < -0.39 is 0 Å². The van der Waals surface area contributed by atoms with Crippen LogP contribution in [0.25, 0.3) is 0 Å². The number of hydrogen-bond acceptors (Lipinski definition) is 4. The molecule has 1 aromatic carbocycles. The second-order valence-electron chi connectivity index (χ2n) is 6.76. The fourth-order valence-corrected chi connectivity index (χ4v) is 3.40. The van der Waals surface area contributed by atoms with Crippen LogP contribution in [0.15, 0.2) is 41.7 Å². The summed E-state index contributed by atoms with van der Waals surface area (Å²) in [4.78, 5) is 14.8. The van der Waals surface area contributed by atoms with Gasteiger partial charge in [-0.1, -0.05) is 30.3 Å². The van der Waals surface area contributed by atoms with E-state index in [4.69, 9.17) is 9.47 Å². The molecule has 1 N–H and O–H groups in total. The number of rotatable bonds is 5.